The molecule has 0 spiro atoms. The Morgan fingerprint density at radius 1 is 1.55 bits per heavy atom. The molecule has 0 amide bonds. The van der Waals surface area contributed by atoms with E-state index in [0.717, 1.165) is 0 Å². The summed E-state index contributed by atoms with van der Waals surface area (Å²) >= 11 is 0. The lowest BCUT2D eigenvalue weighted by Gasteiger charge is -2.03. The number of benzene rings is 1. The first kappa shape index (κ1) is 7.42. The number of anilines is 1. The number of nitriles is 1. The second kappa shape index (κ2) is 2.93. The number of hydrogen-bond donors (Lipinski definition) is 1. The number of hydrogen-bond acceptors (Lipinski definition) is 3. The molecule has 11 heavy (non-hydrogen) atoms. The molecule has 0 fully saturated rings. The van der Waals surface area contributed by atoms with Crippen LogP contribution in [0.3, 0.4) is 0 Å². The molecule has 0 saturated carbocycles. The number of ether oxygens (including phenoxy) is 1. The van der Waals surface area contributed by atoms with E-state index >= 15 is 0 Å². The first-order chi connectivity index (χ1) is 5.29. The first-order valence-electron chi connectivity index (χ1n) is 3.12. The predicted molar refractivity (Wildman–Crippen MR) is 42.1 cm³/mol. The van der Waals surface area contributed by atoms with Gasteiger partial charge < -0.3 is 10.5 Å². The molecule has 1 aromatic carbocycles. The van der Waals surface area contributed by atoms with Gasteiger partial charge >= 0.3 is 0 Å². The van der Waals surface area contributed by atoms with Gasteiger partial charge in [-0.25, -0.2) is 0 Å². The van der Waals surface area contributed by atoms with Gasteiger partial charge in [0, 0.05) is 0 Å². The maximum Gasteiger partial charge on any atom is 0.143 e. The zero-order chi connectivity index (χ0) is 8.27. The van der Waals surface area contributed by atoms with E-state index in [4.69, 9.17) is 15.7 Å². The number of methoxy groups -OCH3 is 1. The molecule has 0 aliphatic rings. The van der Waals surface area contributed by atoms with Crippen molar-refractivity contribution in [2.24, 2.45) is 0 Å². The predicted octanol–water partition coefficient (Wildman–Crippen LogP) is 1.15. The Morgan fingerprint density at radius 2 is 2.27 bits per heavy atom. The number of nitrogens with zero attached hydrogens (tertiary/aromatic N) is 1. The van der Waals surface area contributed by atoms with Crippen LogP contribution in [0.25, 0.3) is 0 Å². The highest BCUT2D eigenvalue weighted by atomic mass is 16.5. The van der Waals surface area contributed by atoms with E-state index in [9.17, 15) is 0 Å². The highest BCUT2D eigenvalue weighted by molar-refractivity contribution is 5.62. The quantitative estimate of drug-likeness (QED) is 0.607. The van der Waals surface area contributed by atoms with Crippen LogP contribution in [-0.2, 0) is 0 Å². The number of nitrogen functional groups attached to an aromatic ring is 1. The summed E-state index contributed by atoms with van der Waals surface area (Å²) in [6, 6.07) is 7.06. The summed E-state index contributed by atoms with van der Waals surface area (Å²) in [5.74, 6) is 0.545. The number of rotatable bonds is 1. The van der Waals surface area contributed by atoms with Crippen molar-refractivity contribution < 1.29 is 4.74 Å². The monoisotopic (exact) mass is 148 g/mol. The average Bonchev–Trinajstić information content (AvgIpc) is 2.05. The van der Waals surface area contributed by atoms with Gasteiger partial charge in [-0.3, -0.25) is 0 Å². The minimum absolute atomic E-state index is 0.400. The summed E-state index contributed by atoms with van der Waals surface area (Å²) in [6.07, 6.45) is 0. The lowest BCUT2D eigenvalue weighted by Crippen LogP contribution is -1.94. The Morgan fingerprint density at radius 3 is 2.82 bits per heavy atom. The van der Waals surface area contributed by atoms with E-state index in [-0.39, 0.29) is 0 Å². The fourth-order valence-corrected chi connectivity index (χ4v) is 0.820. The van der Waals surface area contributed by atoms with Gasteiger partial charge in [0.25, 0.3) is 0 Å². The summed E-state index contributed by atoms with van der Waals surface area (Å²) < 4.78 is 4.91. The van der Waals surface area contributed by atoms with Crippen LogP contribution in [0.1, 0.15) is 5.56 Å². The standard InChI is InChI=1S/C8H8N2O/c1-11-7-4-2-3-6(5-9)8(7)10/h2-4H,10H2,1H3. The third-order valence-corrected chi connectivity index (χ3v) is 1.41. The molecule has 1 aromatic rings. The zero-order valence-electron chi connectivity index (χ0n) is 6.16. The van der Waals surface area contributed by atoms with E-state index < -0.39 is 0 Å². The van der Waals surface area contributed by atoms with Crippen LogP contribution in [0.5, 0.6) is 5.75 Å². The first-order valence-corrected chi connectivity index (χ1v) is 3.12. The molecule has 0 aliphatic heterocycles. The molecule has 0 unspecified atom stereocenters. The fraction of sp³-hybridized carbons (Fsp3) is 0.125. The zero-order valence-corrected chi connectivity index (χ0v) is 6.16. The molecule has 0 atom stereocenters. The maximum atomic E-state index is 8.55. The molecule has 0 heterocycles. The van der Waals surface area contributed by atoms with Crippen molar-refractivity contribution in [3.63, 3.8) is 0 Å². The van der Waals surface area contributed by atoms with Gasteiger partial charge in [0.2, 0.25) is 0 Å². The molecule has 3 heteroatoms. The van der Waals surface area contributed by atoms with E-state index in [2.05, 4.69) is 0 Å². The average molecular weight is 148 g/mol. The molecule has 56 valence electrons. The second-order valence-electron chi connectivity index (χ2n) is 2.03. The Balaban J connectivity index is 3.23. The van der Waals surface area contributed by atoms with Crippen LogP contribution < -0.4 is 10.5 Å². The molecular weight excluding hydrogens is 140 g/mol. The highest BCUT2D eigenvalue weighted by Crippen LogP contribution is 2.23. The van der Waals surface area contributed by atoms with E-state index in [1.54, 1.807) is 18.2 Å². The molecule has 0 bridgehead atoms. The number of para-hydroxylation sites is 1. The largest absolute Gasteiger partial charge is 0.495 e. The minimum atomic E-state index is 0.400. The SMILES string of the molecule is COc1cccc(C#N)c1N. The molecule has 0 saturated heterocycles. The topological polar surface area (TPSA) is 59.0 Å². The minimum Gasteiger partial charge on any atom is -0.495 e. The van der Waals surface area contributed by atoms with E-state index in [0.29, 0.717) is 17.0 Å². The lowest BCUT2D eigenvalue weighted by molar-refractivity contribution is 0.417. The third kappa shape index (κ3) is 1.24. The molecule has 0 radical (unpaired) electrons. The third-order valence-electron chi connectivity index (χ3n) is 1.41. The molecule has 1 rings (SSSR count). The van der Waals surface area contributed by atoms with Crippen LogP contribution in [-0.4, -0.2) is 7.11 Å². The van der Waals surface area contributed by atoms with Gasteiger partial charge in [-0.05, 0) is 12.1 Å². The Hall–Kier alpha value is -1.69. The van der Waals surface area contributed by atoms with Crippen molar-refractivity contribution in [3.05, 3.63) is 23.8 Å². The maximum absolute atomic E-state index is 8.55. The van der Waals surface area contributed by atoms with Gasteiger partial charge in [-0.2, -0.15) is 5.26 Å². The van der Waals surface area contributed by atoms with Crippen LogP contribution >= 0.6 is 0 Å². The Labute approximate surface area is 65.0 Å². The summed E-state index contributed by atoms with van der Waals surface area (Å²) in [5.41, 5.74) is 6.41. The van der Waals surface area contributed by atoms with Gasteiger partial charge in [0.05, 0.1) is 18.4 Å². The fourth-order valence-electron chi connectivity index (χ4n) is 0.820. The van der Waals surface area contributed by atoms with Crippen molar-refractivity contribution in [2.75, 3.05) is 12.8 Å². The van der Waals surface area contributed by atoms with Crippen molar-refractivity contribution in [1.29, 1.82) is 5.26 Å². The second-order valence-corrected chi connectivity index (χ2v) is 2.03. The smallest absolute Gasteiger partial charge is 0.143 e. The van der Waals surface area contributed by atoms with Gasteiger partial charge in [-0.1, -0.05) is 6.07 Å². The van der Waals surface area contributed by atoms with Crippen molar-refractivity contribution in [3.8, 4) is 11.8 Å². The van der Waals surface area contributed by atoms with Crippen LogP contribution in [0.4, 0.5) is 5.69 Å². The van der Waals surface area contributed by atoms with Crippen LogP contribution in [0.15, 0.2) is 18.2 Å². The Bertz CT molecular complexity index is 301. The highest BCUT2D eigenvalue weighted by Gasteiger charge is 2.02. The number of nitrogens with two attached hydrogens (primary N) is 1. The lowest BCUT2D eigenvalue weighted by atomic mass is 10.2. The summed E-state index contributed by atoms with van der Waals surface area (Å²) in [4.78, 5) is 0. The van der Waals surface area contributed by atoms with Crippen LogP contribution in [0, 0.1) is 11.3 Å². The molecule has 3 nitrogen and oxygen atoms in total. The van der Waals surface area contributed by atoms with Gasteiger partial charge in [0.1, 0.15) is 11.8 Å². The molecule has 0 aliphatic carbocycles. The summed E-state index contributed by atoms with van der Waals surface area (Å²) in [7, 11) is 1.52. The van der Waals surface area contributed by atoms with E-state index in [1.807, 2.05) is 6.07 Å². The molecular formula is C8H8N2O. The summed E-state index contributed by atoms with van der Waals surface area (Å²) in [5, 5.41) is 8.55. The van der Waals surface area contributed by atoms with Crippen molar-refractivity contribution in [2.45, 2.75) is 0 Å². The van der Waals surface area contributed by atoms with Gasteiger partial charge in [-0.15, -0.1) is 0 Å². The summed E-state index contributed by atoms with van der Waals surface area (Å²) in [6.45, 7) is 0. The van der Waals surface area contributed by atoms with Crippen LogP contribution in [0.2, 0.25) is 0 Å². The van der Waals surface area contributed by atoms with Crippen molar-refractivity contribution >= 4 is 5.69 Å². The van der Waals surface area contributed by atoms with E-state index in [1.165, 1.54) is 7.11 Å². The Kier molecular flexibility index (Phi) is 1.98. The molecule has 0 aromatic heterocycles. The molecule has 2 N–H and O–H groups in total. The normalized spacial score (nSPS) is 8.73. The van der Waals surface area contributed by atoms with Gasteiger partial charge in [0.15, 0.2) is 0 Å². The van der Waals surface area contributed by atoms with Crippen molar-refractivity contribution in [1.82, 2.24) is 0 Å².